The van der Waals surface area contributed by atoms with Gasteiger partial charge in [-0.1, -0.05) is 27.2 Å². The van der Waals surface area contributed by atoms with Crippen molar-refractivity contribution >= 4 is 17.3 Å². The van der Waals surface area contributed by atoms with Crippen LogP contribution in [0.25, 0.3) is 0 Å². The normalized spacial score (nSPS) is 15.3. The van der Waals surface area contributed by atoms with Crippen LogP contribution in [0.2, 0.25) is 0 Å². The largest absolute Gasteiger partial charge is 0.381 e. The number of rotatable bonds is 13. The van der Waals surface area contributed by atoms with E-state index in [1.807, 2.05) is 27.7 Å². The van der Waals surface area contributed by atoms with Gasteiger partial charge in [-0.05, 0) is 31.6 Å². The van der Waals surface area contributed by atoms with Gasteiger partial charge < -0.3 is 9.53 Å². The Balaban J connectivity index is 4.46. The predicted molar refractivity (Wildman–Crippen MR) is 92.4 cm³/mol. The minimum Gasteiger partial charge on any atom is -0.381 e. The second-order valence-corrected chi connectivity index (χ2v) is 7.12. The molecule has 0 aliphatic carbocycles. The number of carbonyl (C=O) groups is 3. The van der Waals surface area contributed by atoms with Gasteiger partial charge in [-0.2, -0.15) is 0 Å². The van der Waals surface area contributed by atoms with Crippen molar-refractivity contribution in [2.24, 2.45) is 17.8 Å². The van der Waals surface area contributed by atoms with Gasteiger partial charge in [0, 0.05) is 39.2 Å². The molecule has 0 saturated heterocycles. The molecule has 0 radical (unpaired) electrons. The fraction of sp³-hybridized carbons (Fsp3) is 0.842. The highest BCUT2D eigenvalue weighted by Gasteiger charge is 2.22. The van der Waals surface area contributed by atoms with Crippen molar-refractivity contribution in [2.45, 2.75) is 79.2 Å². The molecule has 0 spiro atoms. The lowest BCUT2D eigenvalue weighted by Crippen LogP contribution is -2.21. The van der Waals surface area contributed by atoms with E-state index in [9.17, 15) is 14.4 Å². The first-order valence-electron chi connectivity index (χ1n) is 8.75. The van der Waals surface area contributed by atoms with Gasteiger partial charge in [0.05, 0.1) is 6.10 Å². The topological polar surface area (TPSA) is 60.4 Å². The third kappa shape index (κ3) is 10.4. The quantitative estimate of drug-likeness (QED) is 0.513. The summed E-state index contributed by atoms with van der Waals surface area (Å²) in [6.07, 6.45) is 2.93. The molecule has 4 nitrogen and oxygen atoms in total. The minimum atomic E-state index is -0.0726. The standard InChI is InChI=1S/C19H34O4/c1-7-16(10-18(21)9-15(5)23-6)11-19(22)12-17(13(2)3)8-14(4)20/h13,15-17H,7-12H2,1-6H3. The number of hydrogen-bond donors (Lipinski definition) is 0. The third-order valence-electron chi connectivity index (χ3n) is 4.51. The summed E-state index contributed by atoms with van der Waals surface area (Å²) in [5, 5.41) is 0. The first kappa shape index (κ1) is 22.0. The van der Waals surface area contributed by atoms with Crippen LogP contribution in [0.3, 0.4) is 0 Å². The minimum absolute atomic E-state index is 0.0726. The van der Waals surface area contributed by atoms with Crippen LogP contribution in [0.5, 0.6) is 0 Å². The van der Waals surface area contributed by atoms with Crippen LogP contribution in [-0.4, -0.2) is 30.6 Å². The second kappa shape index (κ2) is 11.5. The Morgan fingerprint density at radius 2 is 1.39 bits per heavy atom. The maximum Gasteiger partial charge on any atom is 0.135 e. The number of hydrogen-bond acceptors (Lipinski definition) is 4. The summed E-state index contributed by atoms with van der Waals surface area (Å²) < 4.78 is 5.11. The fourth-order valence-electron chi connectivity index (χ4n) is 2.78. The van der Waals surface area contributed by atoms with E-state index < -0.39 is 0 Å². The van der Waals surface area contributed by atoms with E-state index in [2.05, 4.69) is 0 Å². The van der Waals surface area contributed by atoms with Gasteiger partial charge in [0.25, 0.3) is 0 Å². The molecule has 3 unspecified atom stereocenters. The van der Waals surface area contributed by atoms with E-state index in [0.29, 0.717) is 38.0 Å². The summed E-state index contributed by atoms with van der Waals surface area (Å²) in [7, 11) is 1.60. The van der Waals surface area contributed by atoms with Crippen molar-refractivity contribution in [1.82, 2.24) is 0 Å². The van der Waals surface area contributed by atoms with Crippen LogP contribution in [0, 0.1) is 17.8 Å². The van der Waals surface area contributed by atoms with Crippen molar-refractivity contribution in [3.8, 4) is 0 Å². The summed E-state index contributed by atoms with van der Waals surface area (Å²) in [4.78, 5) is 35.7. The van der Waals surface area contributed by atoms with Crippen molar-refractivity contribution in [3.05, 3.63) is 0 Å². The lowest BCUT2D eigenvalue weighted by molar-refractivity contribution is -0.123. The van der Waals surface area contributed by atoms with Gasteiger partial charge in [-0.3, -0.25) is 9.59 Å². The molecule has 0 bridgehead atoms. The van der Waals surface area contributed by atoms with Crippen molar-refractivity contribution < 1.29 is 19.1 Å². The second-order valence-electron chi connectivity index (χ2n) is 7.12. The molecule has 0 amide bonds. The Morgan fingerprint density at radius 1 is 0.870 bits per heavy atom. The van der Waals surface area contributed by atoms with Gasteiger partial charge in [-0.25, -0.2) is 0 Å². The molecular weight excluding hydrogens is 292 g/mol. The number of carbonyl (C=O) groups excluding carboxylic acids is 3. The molecule has 0 aromatic carbocycles. The van der Waals surface area contributed by atoms with Gasteiger partial charge in [0.15, 0.2) is 0 Å². The van der Waals surface area contributed by atoms with E-state index >= 15 is 0 Å². The van der Waals surface area contributed by atoms with Gasteiger partial charge in [-0.15, -0.1) is 0 Å². The molecule has 0 aromatic heterocycles. The van der Waals surface area contributed by atoms with Crippen LogP contribution in [0.15, 0.2) is 0 Å². The summed E-state index contributed by atoms with van der Waals surface area (Å²) in [6, 6.07) is 0. The zero-order chi connectivity index (χ0) is 18.0. The maximum absolute atomic E-state index is 12.3. The summed E-state index contributed by atoms with van der Waals surface area (Å²) in [5.74, 6) is 0.984. The number of ether oxygens (including phenoxy) is 1. The lowest BCUT2D eigenvalue weighted by Gasteiger charge is -2.20. The number of methoxy groups -OCH3 is 1. The molecule has 0 aliphatic rings. The average Bonchev–Trinajstić information content (AvgIpc) is 2.44. The molecule has 23 heavy (non-hydrogen) atoms. The maximum atomic E-state index is 12.3. The molecule has 134 valence electrons. The Kier molecular flexibility index (Phi) is 11.0. The Hall–Kier alpha value is -1.03. The Bertz CT molecular complexity index is 387. The molecule has 3 atom stereocenters. The number of ketones is 3. The Labute approximate surface area is 141 Å². The molecule has 0 heterocycles. The first-order chi connectivity index (χ1) is 10.7. The van der Waals surface area contributed by atoms with E-state index in [1.165, 1.54) is 0 Å². The van der Waals surface area contributed by atoms with Crippen LogP contribution in [0.4, 0.5) is 0 Å². The van der Waals surface area contributed by atoms with Crippen LogP contribution in [0.1, 0.15) is 73.1 Å². The molecular formula is C19H34O4. The van der Waals surface area contributed by atoms with Gasteiger partial charge >= 0.3 is 0 Å². The highest BCUT2D eigenvalue weighted by atomic mass is 16.5. The fourth-order valence-corrected chi connectivity index (χ4v) is 2.78. The van der Waals surface area contributed by atoms with Gasteiger partial charge in [0.2, 0.25) is 0 Å². The Morgan fingerprint density at radius 3 is 1.78 bits per heavy atom. The molecule has 0 N–H and O–H groups in total. The predicted octanol–water partition coefficient (Wildman–Crippen LogP) is 4.00. The van der Waals surface area contributed by atoms with Crippen LogP contribution >= 0.6 is 0 Å². The molecule has 4 heteroatoms. The van der Waals surface area contributed by atoms with Gasteiger partial charge in [0.1, 0.15) is 17.3 Å². The lowest BCUT2D eigenvalue weighted by atomic mass is 9.83. The molecule has 0 saturated carbocycles. The van der Waals surface area contributed by atoms with Crippen molar-refractivity contribution in [1.29, 1.82) is 0 Å². The first-order valence-corrected chi connectivity index (χ1v) is 8.75. The molecule has 0 aliphatic heterocycles. The van der Waals surface area contributed by atoms with E-state index in [1.54, 1.807) is 14.0 Å². The highest BCUT2D eigenvalue weighted by Crippen LogP contribution is 2.24. The third-order valence-corrected chi connectivity index (χ3v) is 4.51. The van der Waals surface area contributed by atoms with Crippen molar-refractivity contribution in [3.63, 3.8) is 0 Å². The molecule has 0 rings (SSSR count). The van der Waals surface area contributed by atoms with Crippen LogP contribution in [-0.2, 0) is 19.1 Å². The van der Waals surface area contributed by atoms with E-state index in [-0.39, 0.29) is 35.3 Å². The summed E-state index contributed by atoms with van der Waals surface area (Å²) >= 11 is 0. The highest BCUT2D eigenvalue weighted by molar-refractivity contribution is 5.83. The monoisotopic (exact) mass is 326 g/mol. The molecule has 0 fully saturated rings. The zero-order valence-electron chi connectivity index (χ0n) is 15.7. The zero-order valence-corrected chi connectivity index (χ0v) is 15.7. The van der Waals surface area contributed by atoms with Crippen LogP contribution < -0.4 is 0 Å². The summed E-state index contributed by atoms with van der Waals surface area (Å²) in [6.45, 7) is 9.56. The SMILES string of the molecule is CCC(CC(=O)CC(C)OC)CC(=O)CC(CC(C)=O)C(C)C. The molecule has 0 aromatic rings. The van der Waals surface area contributed by atoms with E-state index in [0.717, 1.165) is 6.42 Å². The van der Waals surface area contributed by atoms with Crippen molar-refractivity contribution in [2.75, 3.05) is 7.11 Å². The smallest absolute Gasteiger partial charge is 0.135 e. The average molecular weight is 326 g/mol. The number of Topliss-reactive ketones (excluding diaryl/α,β-unsaturated/α-hetero) is 3. The van der Waals surface area contributed by atoms with E-state index in [4.69, 9.17) is 4.74 Å². The summed E-state index contributed by atoms with van der Waals surface area (Å²) in [5.41, 5.74) is 0.